The Kier molecular flexibility index (Phi) is 30.3. The van der Waals surface area contributed by atoms with Crippen LogP contribution >= 0.6 is 11.8 Å². The largest absolute Gasteiger partial charge is 0.376 e. The molecule has 0 aromatic carbocycles. The van der Waals surface area contributed by atoms with Crippen LogP contribution in [0.5, 0.6) is 0 Å². The van der Waals surface area contributed by atoms with Crippen LogP contribution in [0.1, 0.15) is 111 Å². The molecule has 0 saturated carbocycles. The smallest absolute Gasteiger partial charge is 0.0522 e. The minimum absolute atomic E-state index is 0.375. The lowest BCUT2D eigenvalue weighted by atomic mass is 10.2. The molecule has 0 aliphatic carbocycles. The molecule has 0 aromatic heterocycles. The van der Waals surface area contributed by atoms with E-state index < -0.39 is 0 Å². The van der Waals surface area contributed by atoms with E-state index in [2.05, 4.69) is 93.4 Å². The van der Waals surface area contributed by atoms with Crippen molar-refractivity contribution in [2.75, 3.05) is 0 Å². The number of hydrogen-bond donors (Lipinski definition) is 1. The number of rotatable bonds is 8. The van der Waals surface area contributed by atoms with Crippen LogP contribution in [-0.2, 0) is 4.74 Å². The zero-order valence-electron chi connectivity index (χ0n) is 23.0. The van der Waals surface area contributed by atoms with Crippen molar-refractivity contribution >= 4 is 18.0 Å². The Hall–Kier alpha value is -0.0600. The number of aliphatic imine (C=N–C) groups is 1. The van der Waals surface area contributed by atoms with Crippen molar-refractivity contribution < 1.29 is 4.74 Å². The van der Waals surface area contributed by atoms with Gasteiger partial charge in [0.25, 0.3) is 0 Å². The van der Waals surface area contributed by atoms with Gasteiger partial charge < -0.3 is 10.1 Å². The summed E-state index contributed by atoms with van der Waals surface area (Å²) in [5.74, 6) is 0.595. The van der Waals surface area contributed by atoms with E-state index >= 15 is 0 Å². The summed E-state index contributed by atoms with van der Waals surface area (Å²) in [6, 6.07) is 1.71. The van der Waals surface area contributed by atoms with E-state index in [1.54, 1.807) is 0 Å². The maximum atomic E-state index is 5.25. The van der Waals surface area contributed by atoms with Gasteiger partial charge in [0.15, 0.2) is 0 Å². The van der Waals surface area contributed by atoms with Crippen molar-refractivity contribution in [2.45, 2.75) is 152 Å². The van der Waals surface area contributed by atoms with Crippen LogP contribution in [0.25, 0.3) is 0 Å². The van der Waals surface area contributed by atoms with E-state index in [0.717, 1.165) is 10.5 Å². The lowest BCUT2D eigenvalue weighted by Crippen LogP contribution is -2.29. The first-order chi connectivity index (χ1) is 13.0. The fourth-order valence-corrected chi connectivity index (χ4v) is 3.19. The van der Waals surface area contributed by atoms with Gasteiger partial charge in [-0.15, -0.1) is 0 Å². The van der Waals surface area contributed by atoms with E-state index in [4.69, 9.17) is 4.74 Å². The Bertz CT molecular complexity index is 262. The molecule has 0 aliphatic heterocycles. The minimum atomic E-state index is 0.375. The van der Waals surface area contributed by atoms with Crippen molar-refractivity contribution in [3.05, 3.63) is 0 Å². The summed E-state index contributed by atoms with van der Waals surface area (Å²) in [4.78, 5) is 4.20. The van der Waals surface area contributed by atoms with E-state index in [1.807, 2.05) is 45.7 Å². The van der Waals surface area contributed by atoms with Crippen LogP contribution in [0.4, 0.5) is 0 Å². The Morgan fingerprint density at radius 1 is 0.621 bits per heavy atom. The molecule has 0 unspecified atom stereocenters. The van der Waals surface area contributed by atoms with Crippen molar-refractivity contribution in [3.8, 4) is 0 Å². The standard InChI is InChI=1S/C7H15N.C6H15N.C6H14O.C6H14S/c1-6(2)5-8-7(3)4;3*1-5(2)7-6(3)4/h5-7H,1-4H3;5-7H,1-4H3;2*5-6H,1-4H3. The number of thioether (sulfide) groups is 1. The van der Waals surface area contributed by atoms with Crippen LogP contribution in [0.3, 0.4) is 0 Å². The third-order valence-electron chi connectivity index (χ3n) is 2.44. The maximum absolute atomic E-state index is 5.25. The van der Waals surface area contributed by atoms with Gasteiger partial charge in [-0.25, -0.2) is 0 Å². The quantitative estimate of drug-likeness (QED) is 0.394. The molecular weight excluding hydrogens is 376 g/mol. The molecular formula is C25H58N2OS. The molecule has 180 valence electrons. The fraction of sp³-hybridized carbons (Fsp3) is 0.960. The molecule has 0 spiro atoms. The highest BCUT2D eigenvalue weighted by Crippen LogP contribution is 2.14. The SMILES string of the molecule is CC(C)C=NC(C)C.CC(C)NC(C)C.CC(C)OC(C)C.CC(C)SC(C)C. The van der Waals surface area contributed by atoms with Gasteiger partial charge in [-0.3, -0.25) is 4.99 Å². The Morgan fingerprint density at radius 3 is 1.00 bits per heavy atom. The average molecular weight is 435 g/mol. The van der Waals surface area contributed by atoms with Gasteiger partial charge in [0, 0.05) is 24.3 Å². The summed E-state index contributed by atoms with van der Waals surface area (Å²) < 4.78 is 5.25. The summed E-state index contributed by atoms with van der Waals surface area (Å²) in [6.07, 6.45) is 2.74. The molecule has 0 saturated heterocycles. The minimum Gasteiger partial charge on any atom is -0.376 e. The molecule has 1 N–H and O–H groups in total. The summed E-state index contributed by atoms with van der Waals surface area (Å²) in [7, 11) is 0. The molecule has 0 heterocycles. The number of nitrogens with zero attached hydrogens (tertiary/aromatic N) is 1. The summed E-state index contributed by atoms with van der Waals surface area (Å²) >= 11 is 2.01. The predicted octanol–water partition coefficient (Wildman–Crippen LogP) is 7.87. The van der Waals surface area contributed by atoms with E-state index in [9.17, 15) is 0 Å². The van der Waals surface area contributed by atoms with Gasteiger partial charge in [-0.2, -0.15) is 11.8 Å². The van der Waals surface area contributed by atoms with Gasteiger partial charge in [0.05, 0.1) is 12.2 Å². The molecule has 29 heavy (non-hydrogen) atoms. The van der Waals surface area contributed by atoms with Crippen molar-refractivity contribution in [3.63, 3.8) is 0 Å². The van der Waals surface area contributed by atoms with Crippen molar-refractivity contribution in [1.82, 2.24) is 5.32 Å². The zero-order chi connectivity index (χ0) is 24.2. The molecule has 0 radical (unpaired) electrons. The average Bonchev–Trinajstić information content (AvgIpc) is 2.42. The topological polar surface area (TPSA) is 33.6 Å². The van der Waals surface area contributed by atoms with Gasteiger partial charge in [0.2, 0.25) is 0 Å². The monoisotopic (exact) mass is 434 g/mol. The van der Waals surface area contributed by atoms with Crippen molar-refractivity contribution in [2.24, 2.45) is 10.9 Å². The molecule has 3 nitrogen and oxygen atoms in total. The van der Waals surface area contributed by atoms with Gasteiger partial charge in [-0.05, 0) is 58.0 Å². The second-order valence-corrected chi connectivity index (χ2v) is 11.7. The van der Waals surface area contributed by atoms with Gasteiger partial charge in [0.1, 0.15) is 0 Å². The van der Waals surface area contributed by atoms with Crippen LogP contribution in [-0.4, -0.2) is 47.0 Å². The maximum Gasteiger partial charge on any atom is 0.0522 e. The van der Waals surface area contributed by atoms with Crippen LogP contribution in [0.15, 0.2) is 4.99 Å². The van der Waals surface area contributed by atoms with E-state index in [-0.39, 0.29) is 0 Å². The Labute approximate surface area is 190 Å². The highest BCUT2D eigenvalue weighted by atomic mass is 32.2. The van der Waals surface area contributed by atoms with Gasteiger partial charge >= 0.3 is 0 Å². The van der Waals surface area contributed by atoms with E-state index in [1.165, 1.54) is 0 Å². The normalized spacial score (nSPS) is 11.4. The molecule has 0 aliphatic rings. The van der Waals surface area contributed by atoms with Crippen molar-refractivity contribution in [1.29, 1.82) is 0 Å². The Morgan fingerprint density at radius 2 is 0.966 bits per heavy atom. The highest BCUT2D eigenvalue weighted by Gasteiger charge is 1.96. The molecule has 0 amide bonds. The first-order valence-electron chi connectivity index (χ1n) is 11.6. The summed E-state index contributed by atoms with van der Waals surface area (Å²) in [6.45, 7) is 34.1. The first-order valence-corrected chi connectivity index (χ1v) is 12.6. The second-order valence-electron chi connectivity index (χ2n) is 9.58. The molecule has 4 heteroatoms. The van der Waals surface area contributed by atoms with Crippen LogP contribution in [0, 0.1) is 5.92 Å². The summed E-state index contributed by atoms with van der Waals surface area (Å²) in [5, 5.41) is 4.89. The molecule has 0 bridgehead atoms. The van der Waals surface area contributed by atoms with Crippen LogP contribution in [0.2, 0.25) is 0 Å². The van der Waals surface area contributed by atoms with Gasteiger partial charge in [-0.1, -0.05) is 69.2 Å². The highest BCUT2D eigenvalue weighted by molar-refractivity contribution is 8.00. The second kappa shape index (κ2) is 24.2. The first kappa shape index (κ1) is 36.3. The number of hydrogen-bond acceptors (Lipinski definition) is 4. The lowest BCUT2D eigenvalue weighted by molar-refractivity contribution is 0.0300. The Balaban J connectivity index is -0.000000144. The van der Waals surface area contributed by atoms with E-state index in [0.29, 0.717) is 36.3 Å². The zero-order valence-corrected chi connectivity index (χ0v) is 23.8. The molecule has 0 aromatic rings. The van der Waals surface area contributed by atoms with Crippen LogP contribution < -0.4 is 5.32 Å². The third-order valence-corrected chi connectivity index (χ3v) is 3.53. The summed E-state index contributed by atoms with van der Waals surface area (Å²) in [5.41, 5.74) is 0. The lowest BCUT2D eigenvalue weighted by Gasteiger charge is -2.10. The molecule has 0 atom stereocenters. The number of ether oxygens (including phenoxy) is 1. The predicted molar refractivity (Wildman–Crippen MR) is 141 cm³/mol. The third kappa shape index (κ3) is 65.5. The number of nitrogens with one attached hydrogen (secondary N) is 1. The fourth-order valence-electron chi connectivity index (χ4n) is 2.10. The molecule has 0 fully saturated rings. The molecule has 0 rings (SSSR count).